The van der Waals surface area contributed by atoms with Crippen molar-refractivity contribution in [3.63, 3.8) is 0 Å². The number of hydrogen-bond acceptors (Lipinski definition) is 2. The minimum atomic E-state index is 0.373. The van der Waals surface area contributed by atoms with Crippen molar-refractivity contribution in [2.45, 2.75) is 71.0 Å². The molecule has 1 aromatic carbocycles. The summed E-state index contributed by atoms with van der Waals surface area (Å²) in [4.78, 5) is 2.55. The normalized spacial score (nSPS) is 17.4. The smallest absolute Gasteiger partial charge is 0.134 e. The highest BCUT2D eigenvalue weighted by molar-refractivity contribution is 9.11. The lowest BCUT2D eigenvalue weighted by Gasteiger charge is -2.35. The molecule has 0 bridgehead atoms. The van der Waals surface area contributed by atoms with Crippen LogP contribution in [0.25, 0.3) is 0 Å². The molecular formula is C17H25Br2NO. The largest absolute Gasteiger partial charge is 0.506 e. The Morgan fingerprint density at radius 3 is 2.33 bits per heavy atom. The van der Waals surface area contributed by atoms with Crippen LogP contribution in [0.3, 0.4) is 0 Å². The van der Waals surface area contributed by atoms with Crippen LogP contribution in [0.1, 0.15) is 57.9 Å². The number of hydrogen-bond donors (Lipinski definition) is 1. The average Bonchev–Trinajstić information content (AvgIpc) is 2.69. The second-order valence-electron chi connectivity index (χ2n) is 6.31. The zero-order chi connectivity index (χ0) is 15.4. The first kappa shape index (κ1) is 17.3. The van der Waals surface area contributed by atoms with Crippen LogP contribution in [0.5, 0.6) is 5.75 Å². The summed E-state index contributed by atoms with van der Waals surface area (Å²) in [7, 11) is 0. The van der Waals surface area contributed by atoms with Gasteiger partial charge >= 0.3 is 0 Å². The summed E-state index contributed by atoms with van der Waals surface area (Å²) in [5.74, 6) is 0.373. The Morgan fingerprint density at radius 1 is 1.14 bits per heavy atom. The van der Waals surface area contributed by atoms with E-state index in [0.717, 1.165) is 21.1 Å². The fourth-order valence-corrected chi connectivity index (χ4v) is 4.57. The van der Waals surface area contributed by atoms with Gasteiger partial charge in [0, 0.05) is 28.7 Å². The molecule has 4 heteroatoms. The Hall–Kier alpha value is -0.0600. The van der Waals surface area contributed by atoms with E-state index in [4.69, 9.17) is 0 Å². The van der Waals surface area contributed by atoms with Gasteiger partial charge in [0.1, 0.15) is 5.75 Å². The van der Waals surface area contributed by atoms with Crippen LogP contribution in [0.15, 0.2) is 21.1 Å². The minimum absolute atomic E-state index is 0.373. The van der Waals surface area contributed by atoms with Gasteiger partial charge in [-0.15, -0.1) is 0 Å². The van der Waals surface area contributed by atoms with Gasteiger partial charge in [-0.25, -0.2) is 0 Å². The van der Waals surface area contributed by atoms with Crippen LogP contribution < -0.4 is 0 Å². The Labute approximate surface area is 145 Å². The fourth-order valence-electron chi connectivity index (χ4n) is 3.26. The van der Waals surface area contributed by atoms with Crippen molar-refractivity contribution in [2.75, 3.05) is 0 Å². The summed E-state index contributed by atoms with van der Waals surface area (Å²) in [6.07, 6.45) is 7.98. The van der Waals surface area contributed by atoms with Crippen LogP contribution in [0.2, 0.25) is 0 Å². The van der Waals surface area contributed by atoms with E-state index in [0.29, 0.717) is 17.8 Å². The summed E-state index contributed by atoms with van der Waals surface area (Å²) in [6, 6.07) is 5.06. The first-order valence-electron chi connectivity index (χ1n) is 7.91. The Morgan fingerprint density at radius 2 is 1.76 bits per heavy atom. The van der Waals surface area contributed by atoms with Crippen molar-refractivity contribution in [2.24, 2.45) is 0 Å². The lowest BCUT2D eigenvalue weighted by Crippen LogP contribution is -2.39. The van der Waals surface area contributed by atoms with Crippen LogP contribution in [-0.4, -0.2) is 22.1 Å². The maximum atomic E-state index is 10.3. The molecule has 0 aromatic heterocycles. The number of aromatic hydroxyl groups is 1. The van der Waals surface area contributed by atoms with Gasteiger partial charge in [-0.05, 0) is 54.8 Å². The topological polar surface area (TPSA) is 23.5 Å². The van der Waals surface area contributed by atoms with Crippen LogP contribution >= 0.6 is 31.9 Å². The number of phenols is 1. The van der Waals surface area contributed by atoms with E-state index in [2.05, 4.69) is 50.6 Å². The highest BCUT2D eigenvalue weighted by Gasteiger charge is 2.24. The summed E-state index contributed by atoms with van der Waals surface area (Å²) < 4.78 is 1.77. The fraction of sp³-hybridized carbons (Fsp3) is 0.647. The molecule has 1 aliphatic carbocycles. The highest BCUT2D eigenvalue weighted by atomic mass is 79.9. The molecular weight excluding hydrogens is 394 g/mol. The van der Waals surface area contributed by atoms with E-state index < -0.39 is 0 Å². The summed E-state index contributed by atoms with van der Waals surface area (Å²) in [5, 5.41) is 10.3. The number of halogens is 2. The molecule has 0 atom stereocenters. The summed E-state index contributed by atoms with van der Waals surface area (Å²) in [5.41, 5.74) is 0.995. The first-order chi connectivity index (χ1) is 9.99. The molecule has 1 aliphatic rings. The van der Waals surface area contributed by atoms with Gasteiger partial charge in [-0.1, -0.05) is 41.6 Å². The maximum Gasteiger partial charge on any atom is 0.134 e. The van der Waals surface area contributed by atoms with E-state index in [9.17, 15) is 5.11 Å². The van der Waals surface area contributed by atoms with Crippen molar-refractivity contribution in [1.82, 2.24) is 4.90 Å². The van der Waals surface area contributed by atoms with Crippen LogP contribution in [0.4, 0.5) is 0 Å². The van der Waals surface area contributed by atoms with Gasteiger partial charge in [0.05, 0.1) is 4.47 Å². The quantitative estimate of drug-likeness (QED) is 0.619. The molecule has 0 saturated heterocycles. The molecule has 0 unspecified atom stereocenters. The van der Waals surface area contributed by atoms with Gasteiger partial charge in [0.25, 0.3) is 0 Å². The maximum absolute atomic E-state index is 10.3. The van der Waals surface area contributed by atoms with Crippen molar-refractivity contribution in [3.8, 4) is 5.75 Å². The molecule has 0 spiro atoms. The zero-order valence-corrected chi connectivity index (χ0v) is 16.1. The first-order valence-corrected chi connectivity index (χ1v) is 9.50. The Kier molecular flexibility index (Phi) is 6.57. The third-order valence-electron chi connectivity index (χ3n) is 4.42. The molecule has 118 valence electrons. The standard InChI is InChI=1S/C17H25Br2NO/c1-12(2)20(15-7-5-3-4-6-8-15)11-13-9-14(18)10-16(19)17(13)21/h9-10,12,15,21H,3-8,11H2,1-2H3. The number of phenolic OH excluding ortho intramolecular Hbond substituents is 1. The van der Waals surface area contributed by atoms with Crippen molar-refractivity contribution in [3.05, 3.63) is 26.6 Å². The van der Waals surface area contributed by atoms with Crippen LogP contribution in [0, 0.1) is 0 Å². The van der Waals surface area contributed by atoms with Gasteiger partial charge < -0.3 is 5.11 Å². The minimum Gasteiger partial charge on any atom is -0.506 e. The van der Waals surface area contributed by atoms with E-state index in [1.807, 2.05) is 12.1 Å². The molecule has 1 N–H and O–H groups in total. The van der Waals surface area contributed by atoms with Gasteiger partial charge in [0.2, 0.25) is 0 Å². The van der Waals surface area contributed by atoms with Gasteiger partial charge in [0.15, 0.2) is 0 Å². The Bertz CT molecular complexity index is 468. The summed E-state index contributed by atoms with van der Waals surface area (Å²) in [6.45, 7) is 5.33. The van der Waals surface area contributed by atoms with Gasteiger partial charge in [-0.3, -0.25) is 4.90 Å². The van der Waals surface area contributed by atoms with Crippen LogP contribution in [-0.2, 0) is 6.54 Å². The van der Waals surface area contributed by atoms with Crippen molar-refractivity contribution in [1.29, 1.82) is 0 Å². The predicted molar refractivity (Wildman–Crippen MR) is 95.7 cm³/mol. The van der Waals surface area contributed by atoms with E-state index in [1.165, 1.54) is 38.5 Å². The molecule has 1 aromatic rings. The molecule has 1 saturated carbocycles. The number of benzene rings is 1. The van der Waals surface area contributed by atoms with Crippen molar-refractivity contribution < 1.29 is 5.11 Å². The number of rotatable bonds is 4. The Balaban J connectivity index is 2.19. The molecule has 2 nitrogen and oxygen atoms in total. The average molecular weight is 419 g/mol. The third kappa shape index (κ3) is 4.70. The second-order valence-corrected chi connectivity index (χ2v) is 8.08. The lowest BCUT2D eigenvalue weighted by atomic mass is 10.0. The summed E-state index contributed by atoms with van der Waals surface area (Å²) >= 11 is 6.96. The van der Waals surface area contributed by atoms with E-state index in [-0.39, 0.29) is 0 Å². The lowest BCUT2D eigenvalue weighted by molar-refractivity contribution is 0.129. The van der Waals surface area contributed by atoms with E-state index >= 15 is 0 Å². The molecule has 0 radical (unpaired) electrons. The number of nitrogens with zero attached hydrogens (tertiary/aromatic N) is 1. The molecule has 0 amide bonds. The molecule has 0 aliphatic heterocycles. The van der Waals surface area contributed by atoms with Gasteiger partial charge in [-0.2, -0.15) is 0 Å². The SMILES string of the molecule is CC(C)N(Cc1cc(Br)cc(Br)c1O)C1CCCCCC1. The molecule has 21 heavy (non-hydrogen) atoms. The highest BCUT2D eigenvalue weighted by Crippen LogP contribution is 2.34. The van der Waals surface area contributed by atoms with Crippen molar-refractivity contribution >= 4 is 31.9 Å². The predicted octanol–water partition coefficient (Wildman–Crippen LogP) is 5.85. The zero-order valence-electron chi connectivity index (χ0n) is 12.9. The molecule has 1 fully saturated rings. The molecule has 0 heterocycles. The molecule has 2 rings (SSSR count). The van der Waals surface area contributed by atoms with E-state index in [1.54, 1.807) is 0 Å². The second kappa shape index (κ2) is 7.98. The third-order valence-corrected chi connectivity index (χ3v) is 5.48. The monoisotopic (exact) mass is 417 g/mol.